The molecule has 0 spiro atoms. The molecule has 0 aliphatic carbocycles. The van der Waals surface area contributed by atoms with Crippen molar-refractivity contribution in [2.45, 2.75) is 6.54 Å². The van der Waals surface area contributed by atoms with Crippen LogP contribution >= 0.6 is 0 Å². The Hall–Kier alpha value is -1.49. The van der Waals surface area contributed by atoms with Gasteiger partial charge in [-0.15, -0.1) is 0 Å². The highest BCUT2D eigenvalue weighted by Gasteiger charge is 1.98. The lowest BCUT2D eigenvalue weighted by Crippen LogP contribution is -2.23. The van der Waals surface area contributed by atoms with Crippen molar-refractivity contribution in [2.24, 2.45) is 0 Å². The normalized spacial score (nSPS) is 9.62. The maximum Gasteiger partial charge on any atom is 0.319 e. The van der Waals surface area contributed by atoms with Gasteiger partial charge >= 0.3 is 5.97 Å². The van der Waals surface area contributed by atoms with Gasteiger partial charge in [-0.3, -0.25) is 4.79 Å². The quantitative estimate of drug-likeness (QED) is 0.648. The Labute approximate surface area is 76.2 Å². The first-order chi connectivity index (χ1) is 6.33. The molecule has 0 aromatic carbocycles. The first-order valence-electron chi connectivity index (χ1n) is 3.84. The smallest absolute Gasteiger partial charge is 0.319 e. The Morgan fingerprint density at radius 2 is 2.23 bits per heavy atom. The van der Waals surface area contributed by atoms with Crippen LogP contribution in [-0.2, 0) is 16.1 Å². The van der Waals surface area contributed by atoms with Crippen molar-refractivity contribution in [3.8, 4) is 0 Å². The fourth-order valence-corrected chi connectivity index (χ4v) is 0.802. The Morgan fingerprint density at radius 3 is 2.85 bits per heavy atom. The predicted molar refractivity (Wildman–Crippen MR) is 45.8 cm³/mol. The molecule has 5 heteroatoms. The molecular weight excluding hydrogens is 170 g/mol. The van der Waals surface area contributed by atoms with Gasteiger partial charge in [0.25, 0.3) is 0 Å². The molecule has 0 atom stereocenters. The summed E-state index contributed by atoms with van der Waals surface area (Å²) < 4.78 is 4.46. The van der Waals surface area contributed by atoms with Crippen molar-refractivity contribution in [1.29, 1.82) is 0 Å². The van der Waals surface area contributed by atoms with Gasteiger partial charge < -0.3 is 10.1 Å². The monoisotopic (exact) mass is 181 g/mol. The lowest BCUT2D eigenvalue weighted by atomic mass is 10.3. The molecule has 1 aromatic rings. The first kappa shape index (κ1) is 9.60. The minimum atomic E-state index is -0.281. The third-order valence-corrected chi connectivity index (χ3v) is 1.44. The standard InChI is InChI=1S/C8H11N3O2/c1-13-8(12)5-9-2-7-3-10-6-11-4-7/h3-4,6,9H,2,5H2,1H3. The molecule has 1 rings (SSSR count). The molecular formula is C8H11N3O2. The minimum Gasteiger partial charge on any atom is -0.468 e. The summed E-state index contributed by atoms with van der Waals surface area (Å²) in [5.41, 5.74) is 0.936. The molecule has 0 amide bonds. The maximum absolute atomic E-state index is 10.7. The molecule has 1 aromatic heterocycles. The summed E-state index contributed by atoms with van der Waals surface area (Å²) >= 11 is 0. The number of ether oxygens (including phenoxy) is 1. The van der Waals surface area contributed by atoms with Gasteiger partial charge in [0.15, 0.2) is 0 Å². The van der Waals surface area contributed by atoms with E-state index >= 15 is 0 Å². The molecule has 0 aliphatic heterocycles. The molecule has 13 heavy (non-hydrogen) atoms. The third kappa shape index (κ3) is 3.62. The van der Waals surface area contributed by atoms with E-state index in [9.17, 15) is 4.79 Å². The van der Waals surface area contributed by atoms with Gasteiger partial charge in [0.05, 0.1) is 13.7 Å². The second-order valence-electron chi connectivity index (χ2n) is 2.43. The molecule has 5 nitrogen and oxygen atoms in total. The largest absolute Gasteiger partial charge is 0.468 e. The van der Waals surface area contributed by atoms with Crippen molar-refractivity contribution >= 4 is 5.97 Å². The first-order valence-corrected chi connectivity index (χ1v) is 3.84. The van der Waals surface area contributed by atoms with Crippen LogP contribution in [0.5, 0.6) is 0 Å². The van der Waals surface area contributed by atoms with Crippen molar-refractivity contribution in [3.63, 3.8) is 0 Å². The zero-order valence-electron chi connectivity index (χ0n) is 7.36. The number of hydrogen-bond acceptors (Lipinski definition) is 5. The van der Waals surface area contributed by atoms with E-state index in [0.29, 0.717) is 6.54 Å². The molecule has 0 saturated carbocycles. The van der Waals surface area contributed by atoms with Gasteiger partial charge in [-0.1, -0.05) is 0 Å². The summed E-state index contributed by atoms with van der Waals surface area (Å²) in [7, 11) is 1.36. The molecule has 1 heterocycles. The van der Waals surface area contributed by atoms with Crippen molar-refractivity contribution in [2.75, 3.05) is 13.7 Å². The van der Waals surface area contributed by atoms with E-state index in [-0.39, 0.29) is 12.5 Å². The summed E-state index contributed by atoms with van der Waals surface area (Å²) in [5, 5.41) is 2.90. The predicted octanol–water partition coefficient (Wildman–Crippen LogP) is -0.261. The maximum atomic E-state index is 10.7. The van der Waals surface area contributed by atoms with Crippen LogP contribution in [0.4, 0.5) is 0 Å². The Morgan fingerprint density at radius 1 is 1.54 bits per heavy atom. The summed E-state index contributed by atoms with van der Waals surface area (Å²) in [6, 6.07) is 0. The van der Waals surface area contributed by atoms with Gasteiger partial charge in [0, 0.05) is 24.5 Å². The van der Waals surface area contributed by atoms with Crippen LogP contribution < -0.4 is 5.32 Å². The van der Waals surface area contributed by atoms with E-state index in [0.717, 1.165) is 5.56 Å². The van der Waals surface area contributed by atoms with E-state index in [1.165, 1.54) is 13.4 Å². The average molecular weight is 181 g/mol. The summed E-state index contributed by atoms with van der Waals surface area (Å²) in [4.78, 5) is 18.4. The van der Waals surface area contributed by atoms with Crippen LogP contribution in [-0.4, -0.2) is 29.6 Å². The lowest BCUT2D eigenvalue weighted by molar-refractivity contribution is -0.139. The number of nitrogens with one attached hydrogen (secondary N) is 1. The van der Waals surface area contributed by atoms with Crippen molar-refractivity contribution in [3.05, 3.63) is 24.3 Å². The second kappa shape index (κ2) is 5.21. The van der Waals surface area contributed by atoms with Crippen molar-refractivity contribution in [1.82, 2.24) is 15.3 Å². The summed E-state index contributed by atoms with van der Waals surface area (Å²) in [6.07, 6.45) is 4.85. The number of methoxy groups -OCH3 is 1. The highest BCUT2D eigenvalue weighted by atomic mass is 16.5. The highest BCUT2D eigenvalue weighted by molar-refractivity contribution is 5.71. The van der Waals surface area contributed by atoms with E-state index in [1.54, 1.807) is 12.4 Å². The van der Waals surface area contributed by atoms with Gasteiger partial charge in [0.2, 0.25) is 0 Å². The van der Waals surface area contributed by atoms with Gasteiger partial charge in [-0.2, -0.15) is 0 Å². The Kier molecular flexibility index (Phi) is 3.84. The van der Waals surface area contributed by atoms with E-state index in [4.69, 9.17) is 0 Å². The summed E-state index contributed by atoms with van der Waals surface area (Å²) in [6.45, 7) is 0.765. The zero-order chi connectivity index (χ0) is 9.52. The highest BCUT2D eigenvalue weighted by Crippen LogP contribution is 1.90. The van der Waals surface area contributed by atoms with Crippen LogP contribution in [0.25, 0.3) is 0 Å². The topological polar surface area (TPSA) is 64.1 Å². The molecule has 1 N–H and O–H groups in total. The number of hydrogen-bond donors (Lipinski definition) is 1. The third-order valence-electron chi connectivity index (χ3n) is 1.44. The SMILES string of the molecule is COC(=O)CNCc1cncnc1. The van der Waals surface area contributed by atoms with E-state index in [1.807, 2.05) is 0 Å². The lowest BCUT2D eigenvalue weighted by Gasteiger charge is -2.01. The van der Waals surface area contributed by atoms with Crippen LogP contribution in [0.2, 0.25) is 0 Å². The molecule has 0 fully saturated rings. The number of aromatic nitrogens is 2. The van der Waals surface area contributed by atoms with Crippen LogP contribution in [0.15, 0.2) is 18.7 Å². The fourth-order valence-electron chi connectivity index (χ4n) is 0.802. The van der Waals surface area contributed by atoms with Gasteiger partial charge in [-0.05, 0) is 0 Å². The Bertz CT molecular complexity index is 263. The van der Waals surface area contributed by atoms with Crippen LogP contribution in [0.3, 0.4) is 0 Å². The zero-order valence-corrected chi connectivity index (χ0v) is 7.36. The van der Waals surface area contributed by atoms with Crippen LogP contribution in [0, 0.1) is 0 Å². The van der Waals surface area contributed by atoms with Crippen LogP contribution in [0.1, 0.15) is 5.56 Å². The van der Waals surface area contributed by atoms with E-state index < -0.39 is 0 Å². The molecule has 70 valence electrons. The average Bonchev–Trinajstić information content (AvgIpc) is 2.19. The molecule has 0 bridgehead atoms. The second-order valence-corrected chi connectivity index (χ2v) is 2.43. The number of carbonyl (C=O) groups is 1. The number of esters is 1. The molecule has 0 unspecified atom stereocenters. The van der Waals surface area contributed by atoms with E-state index in [2.05, 4.69) is 20.0 Å². The van der Waals surface area contributed by atoms with Gasteiger partial charge in [0.1, 0.15) is 6.33 Å². The number of nitrogens with zero attached hydrogens (tertiary/aromatic N) is 2. The number of rotatable bonds is 4. The van der Waals surface area contributed by atoms with Gasteiger partial charge in [-0.25, -0.2) is 9.97 Å². The minimum absolute atomic E-state index is 0.200. The molecule has 0 saturated heterocycles. The Balaban J connectivity index is 2.24. The number of carbonyl (C=O) groups excluding carboxylic acids is 1. The fraction of sp³-hybridized carbons (Fsp3) is 0.375. The molecule has 0 aliphatic rings. The van der Waals surface area contributed by atoms with Crippen molar-refractivity contribution < 1.29 is 9.53 Å². The molecule has 0 radical (unpaired) electrons. The summed E-state index contributed by atoms with van der Waals surface area (Å²) in [5.74, 6) is -0.281.